The number of nitrogens with zero attached hydrogens (tertiary/aromatic N) is 1. The summed E-state index contributed by atoms with van der Waals surface area (Å²) < 4.78 is 31.7. The maximum absolute atomic E-state index is 12.5. The molecule has 0 spiro atoms. The van der Waals surface area contributed by atoms with Crippen molar-refractivity contribution in [2.75, 3.05) is 37.4 Å². The number of carbonyl (C=O) groups excluding carboxylic acids is 1. The van der Waals surface area contributed by atoms with Crippen molar-refractivity contribution < 1.29 is 17.9 Å². The Morgan fingerprint density at radius 2 is 1.72 bits per heavy atom. The molecule has 158 valence electrons. The lowest BCUT2D eigenvalue weighted by atomic mass is 10.1. The molecule has 0 fully saturated rings. The molecule has 1 unspecified atom stereocenters. The second-order valence-electron chi connectivity index (χ2n) is 6.52. The molecule has 0 aliphatic heterocycles. The van der Waals surface area contributed by atoms with Gasteiger partial charge in [-0.15, -0.1) is 0 Å². The Morgan fingerprint density at radius 1 is 1.07 bits per heavy atom. The first-order valence-electron chi connectivity index (χ1n) is 9.58. The molecule has 8 heteroatoms. The fourth-order valence-corrected chi connectivity index (χ4v) is 4.31. The summed E-state index contributed by atoms with van der Waals surface area (Å²) in [5, 5.41) is 5.84. The monoisotopic (exact) mass is 419 g/mol. The van der Waals surface area contributed by atoms with Crippen LogP contribution in [0.2, 0.25) is 0 Å². The van der Waals surface area contributed by atoms with E-state index in [1.54, 1.807) is 33.1 Å². The molecule has 0 bridgehead atoms. The first-order valence-corrected chi connectivity index (χ1v) is 11.0. The number of methoxy groups -OCH3 is 1. The van der Waals surface area contributed by atoms with E-state index >= 15 is 0 Å². The van der Waals surface area contributed by atoms with Crippen molar-refractivity contribution in [1.82, 2.24) is 4.31 Å². The van der Waals surface area contributed by atoms with Crippen molar-refractivity contribution in [2.45, 2.75) is 31.8 Å². The van der Waals surface area contributed by atoms with Crippen LogP contribution >= 0.6 is 0 Å². The topological polar surface area (TPSA) is 87.7 Å². The van der Waals surface area contributed by atoms with Gasteiger partial charge in [-0.2, -0.15) is 4.31 Å². The van der Waals surface area contributed by atoms with E-state index in [-0.39, 0.29) is 23.5 Å². The number of hydrogen-bond donors (Lipinski definition) is 2. The summed E-state index contributed by atoms with van der Waals surface area (Å²) in [5.74, 6) is -0.227. The van der Waals surface area contributed by atoms with Crippen molar-refractivity contribution in [3.8, 4) is 0 Å². The van der Waals surface area contributed by atoms with E-state index in [0.29, 0.717) is 18.8 Å². The Hall–Kier alpha value is -2.42. The number of hydrogen-bond acceptors (Lipinski definition) is 5. The predicted molar refractivity (Wildman–Crippen MR) is 116 cm³/mol. The van der Waals surface area contributed by atoms with Gasteiger partial charge in [0.05, 0.1) is 17.5 Å². The van der Waals surface area contributed by atoms with Crippen LogP contribution in [0.5, 0.6) is 0 Å². The number of sulfonamides is 1. The highest BCUT2D eigenvalue weighted by Gasteiger charge is 2.21. The lowest BCUT2D eigenvalue weighted by molar-refractivity contribution is -0.114. The lowest BCUT2D eigenvalue weighted by Crippen LogP contribution is -2.30. The Bertz CT molecular complexity index is 910. The van der Waals surface area contributed by atoms with Gasteiger partial charge in [-0.25, -0.2) is 8.42 Å². The molecule has 0 aliphatic rings. The van der Waals surface area contributed by atoms with Crippen molar-refractivity contribution >= 4 is 27.3 Å². The highest BCUT2D eigenvalue weighted by Crippen LogP contribution is 2.20. The zero-order valence-corrected chi connectivity index (χ0v) is 18.1. The van der Waals surface area contributed by atoms with E-state index < -0.39 is 10.0 Å². The first kappa shape index (κ1) is 22.9. The number of carbonyl (C=O) groups is 1. The third kappa shape index (κ3) is 6.03. The van der Waals surface area contributed by atoms with E-state index in [4.69, 9.17) is 4.74 Å². The Labute approximate surface area is 173 Å². The second kappa shape index (κ2) is 10.4. The molecule has 0 heterocycles. The molecule has 0 radical (unpaired) electrons. The highest BCUT2D eigenvalue weighted by atomic mass is 32.2. The van der Waals surface area contributed by atoms with Crippen molar-refractivity contribution in [2.24, 2.45) is 0 Å². The molecule has 7 nitrogen and oxygen atoms in total. The van der Waals surface area contributed by atoms with Gasteiger partial charge >= 0.3 is 0 Å². The molecule has 1 amide bonds. The van der Waals surface area contributed by atoms with Gasteiger partial charge in [0, 0.05) is 31.6 Å². The summed E-state index contributed by atoms with van der Waals surface area (Å²) in [5.41, 5.74) is 2.38. The number of rotatable bonds is 10. The van der Waals surface area contributed by atoms with Crippen molar-refractivity contribution in [3.05, 3.63) is 54.1 Å². The van der Waals surface area contributed by atoms with Crippen LogP contribution in [0.1, 0.15) is 32.4 Å². The van der Waals surface area contributed by atoms with Gasteiger partial charge in [-0.05, 0) is 48.9 Å². The molecule has 0 aliphatic carbocycles. The molecule has 2 aromatic carbocycles. The van der Waals surface area contributed by atoms with Gasteiger partial charge in [0.25, 0.3) is 0 Å². The number of anilines is 2. The van der Waals surface area contributed by atoms with Gasteiger partial charge in [0.15, 0.2) is 0 Å². The van der Waals surface area contributed by atoms with Crippen LogP contribution in [0, 0.1) is 0 Å². The average Bonchev–Trinajstić information content (AvgIpc) is 2.73. The van der Waals surface area contributed by atoms with E-state index in [1.807, 2.05) is 31.2 Å². The van der Waals surface area contributed by atoms with Crippen LogP contribution in [0.4, 0.5) is 11.4 Å². The fourth-order valence-electron chi connectivity index (χ4n) is 2.85. The van der Waals surface area contributed by atoms with Crippen LogP contribution in [-0.4, -0.2) is 45.4 Å². The van der Waals surface area contributed by atoms with Gasteiger partial charge < -0.3 is 15.4 Å². The summed E-state index contributed by atoms with van der Waals surface area (Å²) in [7, 11) is -1.86. The maximum atomic E-state index is 12.5. The summed E-state index contributed by atoms with van der Waals surface area (Å²) in [6.07, 6.45) is -0.0308. The molecular formula is C21H29N3O4S. The maximum Gasteiger partial charge on any atom is 0.243 e. The number of benzene rings is 2. The van der Waals surface area contributed by atoms with Crippen LogP contribution in [0.15, 0.2) is 53.4 Å². The van der Waals surface area contributed by atoms with Gasteiger partial charge in [-0.1, -0.05) is 26.0 Å². The van der Waals surface area contributed by atoms with Crippen LogP contribution in [0.25, 0.3) is 0 Å². The summed E-state index contributed by atoms with van der Waals surface area (Å²) in [4.78, 5) is 12.4. The van der Waals surface area contributed by atoms with Crippen molar-refractivity contribution in [1.29, 1.82) is 0 Å². The Kier molecular flexibility index (Phi) is 8.19. The molecule has 2 N–H and O–H groups in total. The second-order valence-corrected chi connectivity index (χ2v) is 8.46. The van der Waals surface area contributed by atoms with E-state index in [2.05, 4.69) is 10.6 Å². The minimum atomic E-state index is -3.51. The highest BCUT2D eigenvalue weighted by molar-refractivity contribution is 7.89. The number of nitrogens with one attached hydrogen (secondary N) is 2. The quantitative estimate of drug-likeness (QED) is 0.616. The number of ether oxygens (including phenoxy) is 1. The van der Waals surface area contributed by atoms with Crippen LogP contribution in [-0.2, 0) is 19.6 Å². The lowest BCUT2D eigenvalue weighted by Gasteiger charge is -2.18. The third-order valence-corrected chi connectivity index (χ3v) is 6.71. The largest absolute Gasteiger partial charge is 0.377 e. The Balaban J connectivity index is 1.96. The summed E-state index contributed by atoms with van der Waals surface area (Å²) in [6.45, 7) is 6.46. The fraction of sp³-hybridized carbons (Fsp3) is 0.381. The van der Waals surface area contributed by atoms with E-state index in [9.17, 15) is 13.2 Å². The first-order chi connectivity index (χ1) is 13.8. The molecular weight excluding hydrogens is 390 g/mol. The normalized spacial score (nSPS) is 12.6. The average molecular weight is 420 g/mol. The minimum absolute atomic E-state index is 0.0308. The van der Waals surface area contributed by atoms with E-state index in [1.165, 1.54) is 16.4 Å². The molecule has 2 aromatic rings. The smallest absolute Gasteiger partial charge is 0.243 e. The molecule has 0 saturated heterocycles. The standard InChI is InChI=1S/C21H29N3O4S/c1-5-24(6-2)29(26,27)20-12-10-18(11-13-20)23-21(25)15-22-19-9-7-8-17(14-19)16(3)28-4/h7-14,16,22H,5-6,15H2,1-4H3,(H,23,25). The van der Waals surface area contributed by atoms with Gasteiger partial charge in [0.2, 0.25) is 15.9 Å². The molecule has 2 rings (SSSR count). The van der Waals surface area contributed by atoms with Gasteiger partial charge in [0.1, 0.15) is 0 Å². The summed E-state index contributed by atoms with van der Waals surface area (Å²) >= 11 is 0. The van der Waals surface area contributed by atoms with Crippen LogP contribution in [0.3, 0.4) is 0 Å². The SMILES string of the molecule is CCN(CC)S(=O)(=O)c1ccc(NC(=O)CNc2cccc(C(C)OC)c2)cc1. The number of amides is 1. The molecule has 29 heavy (non-hydrogen) atoms. The zero-order valence-electron chi connectivity index (χ0n) is 17.3. The van der Waals surface area contributed by atoms with Gasteiger partial charge in [-0.3, -0.25) is 4.79 Å². The van der Waals surface area contributed by atoms with E-state index in [0.717, 1.165) is 11.3 Å². The Morgan fingerprint density at radius 3 is 2.31 bits per heavy atom. The third-order valence-electron chi connectivity index (χ3n) is 4.64. The predicted octanol–water partition coefficient (Wildman–Crippen LogP) is 3.48. The van der Waals surface area contributed by atoms with Crippen LogP contribution < -0.4 is 10.6 Å². The zero-order chi connectivity index (χ0) is 21.4. The molecule has 1 atom stereocenters. The minimum Gasteiger partial charge on any atom is -0.377 e. The van der Waals surface area contributed by atoms with Crippen molar-refractivity contribution in [3.63, 3.8) is 0 Å². The molecule has 0 saturated carbocycles. The molecule has 0 aromatic heterocycles. The summed E-state index contributed by atoms with van der Waals surface area (Å²) in [6, 6.07) is 13.9.